The summed E-state index contributed by atoms with van der Waals surface area (Å²) in [4.78, 5) is 11.7. The number of nitrogens with one attached hydrogen (secondary N) is 1. The van der Waals surface area contributed by atoms with E-state index in [1.807, 2.05) is 6.92 Å². The Hall–Kier alpha value is -0.650. The Bertz CT molecular complexity index is 247. The molecule has 106 valence electrons. The molecule has 5 nitrogen and oxygen atoms in total. The van der Waals surface area contributed by atoms with Gasteiger partial charge in [-0.25, -0.2) is 0 Å². The van der Waals surface area contributed by atoms with Gasteiger partial charge in [0.25, 0.3) is 0 Å². The predicted molar refractivity (Wildman–Crippen MR) is 68.3 cm³/mol. The lowest BCUT2D eigenvalue weighted by atomic mass is 9.85. The molecule has 1 rings (SSSR count). The maximum atomic E-state index is 11.7. The van der Waals surface area contributed by atoms with Crippen molar-refractivity contribution in [2.75, 3.05) is 26.9 Å². The molecular weight excluding hydrogens is 234 g/mol. The van der Waals surface area contributed by atoms with Gasteiger partial charge in [0, 0.05) is 19.7 Å². The summed E-state index contributed by atoms with van der Waals surface area (Å²) in [6.07, 6.45) is 3.31. The molecule has 1 fully saturated rings. The van der Waals surface area contributed by atoms with Gasteiger partial charge < -0.3 is 19.9 Å². The second-order valence-electron chi connectivity index (χ2n) is 4.83. The van der Waals surface area contributed by atoms with Gasteiger partial charge in [-0.05, 0) is 26.2 Å². The van der Waals surface area contributed by atoms with E-state index in [0.29, 0.717) is 25.8 Å². The van der Waals surface area contributed by atoms with Crippen molar-refractivity contribution in [2.45, 2.75) is 44.8 Å². The third kappa shape index (κ3) is 5.33. The first-order chi connectivity index (χ1) is 8.67. The number of rotatable bonds is 7. The van der Waals surface area contributed by atoms with Crippen LogP contribution in [0.5, 0.6) is 0 Å². The number of ether oxygens (including phenoxy) is 2. The van der Waals surface area contributed by atoms with Crippen LogP contribution in [0.25, 0.3) is 0 Å². The Morgan fingerprint density at radius 1 is 1.50 bits per heavy atom. The predicted octanol–water partition coefficient (Wildman–Crippen LogP) is 0.705. The van der Waals surface area contributed by atoms with Crippen LogP contribution >= 0.6 is 0 Å². The largest absolute Gasteiger partial charge is 0.466 e. The minimum atomic E-state index is -0.488. The van der Waals surface area contributed by atoms with Crippen molar-refractivity contribution in [3.05, 3.63) is 0 Å². The summed E-state index contributed by atoms with van der Waals surface area (Å²) in [6, 6.07) is 0.291. The second kappa shape index (κ2) is 8.45. The minimum absolute atomic E-state index is 0.00997. The van der Waals surface area contributed by atoms with E-state index in [1.54, 1.807) is 7.11 Å². The third-order valence-corrected chi connectivity index (χ3v) is 3.30. The van der Waals surface area contributed by atoms with Gasteiger partial charge in [-0.15, -0.1) is 0 Å². The summed E-state index contributed by atoms with van der Waals surface area (Å²) in [5, 5.41) is 12.9. The van der Waals surface area contributed by atoms with E-state index >= 15 is 0 Å². The molecule has 1 saturated carbocycles. The Labute approximate surface area is 109 Å². The molecule has 0 heterocycles. The summed E-state index contributed by atoms with van der Waals surface area (Å²) in [5.41, 5.74) is 0. The van der Waals surface area contributed by atoms with Crippen LogP contribution < -0.4 is 5.32 Å². The van der Waals surface area contributed by atoms with Crippen LogP contribution in [0.3, 0.4) is 0 Å². The third-order valence-electron chi connectivity index (χ3n) is 3.30. The van der Waals surface area contributed by atoms with Gasteiger partial charge in [0.15, 0.2) is 0 Å². The van der Waals surface area contributed by atoms with Gasteiger partial charge in [-0.2, -0.15) is 0 Å². The van der Waals surface area contributed by atoms with E-state index in [0.717, 1.165) is 25.7 Å². The maximum absolute atomic E-state index is 11.7. The van der Waals surface area contributed by atoms with Crippen LogP contribution in [0, 0.1) is 5.92 Å². The minimum Gasteiger partial charge on any atom is -0.466 e. The molecule has 18 heavy (non-hydrogen) atoms. The monoisotopic (exact) mass is 259 g/mol. The standard InChI is InChI=1S/C13H25NO4/c1-3-18-13(16)10-5-4-6-11(7-10)14-8-12(15)9-17-2/h10-12,14-15H,3-9H2,1-2H3. The number of hydrogen-bond acceptors (Lipinski definition) is 5. The number of esters is 1. The van der Waals surface area contributed by atoms with Crippen molar-refractivity contribution in [1.29, 1.82) is 0 Å². The van der Waals surface area contributed by atoms with Crippen molar-refractivity contribution in [3.8, 4) is 0 Å². The highest BCUT2D eigenvalue weighted by Crippen LogP contribution is 2.25. The molecular formula is C13H25NO4. The van der Waals surface area contributed by atoms with Gasteiger partial charge in [-0.1, -0.05) is 6.42 Å². The first-order valence-corrected chi connectivity index (χ1v) is 6.74. The van der Waals surface area contributed by atoms with Crippen LogP contribution in [-0.4, -0.2) is 50.1 Å². The van der Waals surface area contributed by atoms with Crippen LogP contribution in [0.15, 0.2) is 0 Å². The number of carbonyl (C=O) groups excluding carboxylic acids is 1. The fourth-order valence-corrected chi connectivity index (χ4v) is 2.40. The number of aliphatic hydroxyl groups is 1. The zero-order valence-electron chi connectivity index (χ0n) is 11.4. The molecule has 0 spiro atoms. The van der Waals surface area contributed by atoms with Crippen molar-refractivity contribution < 1.29 is 19.4 Å². The molecule has 0 aromatic carbocycles. The van der Waals surface area contributed by atoms with E-state index in [4.69, 9.17) is 9.47 Å². The summed E-state index contributed by atoms with van der Waals surface area (Å²) >= 11 is 0. The number of aliphatic hydroxyl groups excluding tert-OH is 1. The molecule has 0 aliphatic heterocycles. The van der Waals surface area contributed by atoms with E-state index in [9.17, 15) is 9.90 Å². The molecule has 1 aliphatic carbocycles. The fraction of sp³-hybridized carbons (Fsp3) is 0.923. The molecule has 0 bridgehead atoms. The van der Waals surface area contributed by atoms with E-state index in [2.05, 4.69) is 5.32 Å². The summed E-state index contributed by atoms with van der Waals surface area (Å²) < 4.78 is 9.93. The van der Waals surface area contributed by atoms with Crippen LogP contribution in [0.4, 0.5) is 0 Å². The van der Waals surface area contributed by atoms with E-state index in [-0.39, 0.29) is 11.9 Å². The topological polar surface area (TPSA) is 67.8 Å². The summed E-state index contributed by atoms with van der Waals surface area (Å²) in [5.74, 6) is -0.0720. The van der Waals surface area contributed by atoms with Gasteiger partial charge in [0.2, 0.25) is 0 Å². The van der Waals surface area contributed by atoms with E-state index < -0.39 is 6.10 Å². The lowest BCUT2D eigenvalue weighted by molar-refractivity contribution is -0.149. The van der Waals surface area contributed by atoms with Crippen molar-refractivity contribution >= 4 is 5.97 Å². The summed E-state index contributed by atoms with van der Waals surface area (Å²) in [7, 11) is 1.57. The Kier molecular flexibility index (Phi) is 7.23. The molecule has 2 N–H and O–H groups in total. The molecule has 0 aromatic heterocycles. The van der Waals surface area contributed by atoms with Gasteiger partial charge >= 0.3 is 5.97 Å². The molecule has 3 atom stereocenters. The maximum Gasteiger partial charge on any atom is 0.308 e. The number of carbonyl (C=O) groups is 1. The zero-order chi connectivity index (χ0) is 13.4. The van der Waals surface area contributed by atoms with Crippen LogP contribution in [0.2, 0.25) is 0 Å². The highest BCUT2D eigenvalue weighted by Gasteiger charge is 2.28. The molecule has 0 saturated heterocycles. The van der Waals surface area contributed by atoms with Gasteiger partial charge in [-0.3, -0.25) is 4.79 Å². The number of hydrogen-bond donors (Lipinski definition) is 2. The highest BCUT2D eigenvalue weighted by atomic mass is 16.5. The molecule has 1 aliphatic rings. The molecule has 0 amide bonds. The molecule has 5 heteroatoms. The normalized spacial score (nSPS) is 25.7. The van der Waals surface area contributed by atoms with Gasteiger partial charge in [0.05, 0.1) is 25.2 Å². The lowest BCUT2D eigenvalue weighted by Crippen LogP contribution is -2.41. The van der Waals surface area contributed by atoms with Crippen LogP contribution in [0.1, 0.15) is 32.6 Å². The summed E-state index contributed by atoms with van der Waals surface area (Å²) in [6.45, 7) is 3.12. The van der Waals surface area contributed by atoms with E-state index in [1.165, 1.54) is 0 Å². The molecule has 0 radical (unpaired) electrons. The number of methoxy groups -OCH3 is 1. The van der Waals surface area contributed by atoms with Crippen molar-refractivity contribution in [3.63, 3.8) is 0 Å². The smallest absolute Gasteiger partial charge is 0.308 e. The zero-order valence-corrected chi connectivity index (χ0v) is 11.4. The lowest BCUT2D eigenvalue weighted by Gasteiger charge is -2.29. The molecule has 0 aromatic rings. The first kappa shape index (κ1) is 15.4. The SMILES string of the molecule is CCOC(=O)C1CCCC(NCC(O)COC)C1. The van der Waals surface area contributed by atoms with Crippen molar-refractivity contribution in [1.82, 2.24) is 5.32 Å². The van der Waals surface area contributed by atoms with Crippen molar-refractivity contribution in [2.24, 2.45) is 5.92 Å². The Morgan fingerprint density at radius 3 is 2.94 bits per heavy atom. The van der Waals surface area contributed by atoms with Gasteiger partial charge in [0.1, 0.15) is 0 Å². The second-order valence-corrected chi connectivity index (χ2v) is 4.83. The first-order valence-electron chi connectivity index (χ1n) is 6.74. The highest BCUT2D eigenvalue weighted by molar-refractivity contribution is 5.72. The Morgan fingerprint density at radius 2 is 2.28 bits per heavy atom. The average molecular weight is 259 g/mol. The Balaban J connectivity index is 2.28. The fourth-order valence-electron chi connectivity index (χ4n) is 2.40. The quantitative estimate of drug-likeness (QED) is 0.659. The average Bonchev–Trinajstić information content (AvgIpc) is 2.37. The molecule has 3 unspecified atom stereocenters. The van der Waals surface area contributed by atoms with Crippen LogP contribution in [-0.2, 0) is 14.3 Å².